The number of phenolic OH excluding ortho intramolecular Hbond substituents is 1. The predicted octanol–water partition coefficient (Wildman–Crippen LogP) is 5.34. The van der Waals surface area contributed by atoms with E-state index in [4.69, 9.17) is 4.74 Å². The van der Waals surface area contributed by atoms with E-state index >= 15 is 0 Å². The summed E-state index contributed by atoms with van der Waals surface area (Å²) in [5.74, 6) is 2.60. The fourth-order valence-electron chi connectivity index (χ4n) is 2.40. The number of hydrogen-bond acceptors (Lipinski definition) is 2. The topological polar surface area (TPSA) is 29.5 Å². The fourth-order valence-corrected chi connectivity index (χ4v) is 2.40. The Balaban J connectivity index is 2.09. The zero-order valence-electron chi connectivity index (χ0n) is 13.1. The summed E-state index contributed by atoms with van der Waals surface area (Å²) in [6, 6.07) is 13.7. The maximum absolute atomic E-state index is 9.80. The Morgan fingerprint density at radius 2 is 1.67 bits per heavy atom. The Bertz CT molecular complexity index is 571. The summed E-state index contributed by atoms with van der Waals surface area (Å²) in [6.45, 7) is 6.53. The molecule has 0 amide bonds. The summed E-state index contributed by atoms with van der Waals surface area (Å²) >= 11 is 0. The highest BCUT2D eigenvalue weighted by Gasteiger charge is 2.04. The molecule has 21 heavy (non-hydrogen) atoms. The molecule has 0 atom stereocenters. The lowest BCUT2D eigenvalue weighted by molar-refractivity contribution is 0.457. The fraction of sp³-hybridized carbons (Fsp3) is 0.368. The van der Waals surface area contributed by atoms with Gasteiger partial charge in [-0.1, -0.05) is 39.3 Å². The smallest absolute Gasteiger partial charge is 0.127 e. The normalized spacial score (nSPS) is 10.9. The number of aryl methyl sites for hydroxylation is 1. The average Bonchev–Trinajstić information content (AvgIpc) is 2.44. The van der Waals surface area contributed by atoms with Crippen molar-refractivity contribution in [1.29, 1.82) is 0 Å². The van der Waals surface area contributed by atoms with Crippen molar-refractivity contribution in [3.8, 4) is 17.2 Å². The standard InChI is InChI=1S/C19H24O2/c1-4-5-16-13-18(10-11-19(16)20)21-17-8-6-15(7-9-17)12-14(2)3/h6-11,13-14,20H,4-5,12H2,1-3H3. The highest BCUT2D eigenvalue weighted by molar-refractivity contribution is 5.41. The van der Waals surface area contributed by atoms with Crippen molar-refractivity contribution in [3.05, 3.63) is 53.6 Å². The molecule has 0 aliphatic rings. The van der Waals surface area contributed by atoms with Gasteiger partial charge >= 0.3 is 0 Å². The molecule has 2 nitrogen and oxygen atoms in total. The first kappa shape index (κ1) is 15.4. The second-order valence-electron chi connectivity index (χ2n) is 5.88. The first-order valence-corrected chi connectivity index (χ1v) is 7.67. The molecule has 112 valence electrons. The molecule has 0 bridgehead atoms. The van der Waals surface area contributed by atoms with Crippen molar-refractivity contribution in [2.24, 2.45) is 5.92 Å². The van der Waals surface area contributed by atoms with E-state index in [1.54, 1.807) is 12.1 Å². The Hall–Kier alpha value is -1.96. The number of rotatable bonds is 6. The van der Waals surface area contributed by atoms with Gasteiger partial charge in [0.05, 0.1) is 0 Å². The third-order valence-corrected chi connectivity index (χ3v) is 3.37. The molecule has 2 aromatic carbocycles. The maximum Gasteiger partial charge on any atom is 0.127 e. The van der Waals surface area contributed by atoms with E-state index in [0.717, 1.165) is 36.3 Å². The van der Waals surface area contributed by atoms with E-state index in [9.17, 15) is 5.11 Å². The molecule has 1 N–H and O–H groups in total. The minimum atomic E-state index is 0.344. The van der Waals surface area contributed by atoms with Gasteiger partial charge < -0.3 is 9.84 Å². The molecular formula is C19H24O2. The quantitative estimate of drug-likeness (QED) is 0.776. The van der Waals surface area contributed by atoms with Crippen LogP contribution in [0.3, 0.4) is 0 Å². The molecule has 0 aliphatic carbocycles. The van der Waals surface area contributed by atoms with E-state index in [2.05, 4.69) is 32.9 Å². The minimum Gasteiger partial charge on any atom is -0.508 e. The third-order valence-electron chi connectivity index (χ3n) is 3.37. The Morgan fingerprint density at radius 1 is 1.00 bits per heavy atom. The molecule has 0 spiro atoms. The number of hydrogen-bond donors (Lipinski definition) is 1. The summed E-state index contributed by atoms with van der Waals surface area (Å²) in [7, 11) is 0. The summed E-state index contributed by atoms with van der Waals surface area (Å²) < 4.78 is 5.87. The molecule has 2 rings (SSSR count). The summed E-state index contributed by atoms with van der Waals surface area (Å²) in [5, 5.41) is 9.80. The van der Waals surface area contributed by atoms with Crippen LogP contribution in [-0.4, -0.2) is 5.11 Å². The van der Waals surface area contributed by atoms with Crippen LogP contribution >= 0.6 is 0 Å². The first-order valence-electron chi connectivity index (χ1n) is 7.67. The van der Waals surface area contributed by atoms with Gasteiger partial charge in [0, 0.05) is 0 Å². The second-order valence-corrected chi connectivity index (χ2v) is 5.88. The van der Waals surface area contributed by atoms with Gasteiger partial charge in [0.25, 0.3) is 0 Å². The van der Waals surface area contributed by atoms with Crippen LogP contribution in [0.4, 0.5) is 0 Å². The minimum absolute atomic E-state index is 0.344. The van der Waals surface area contributed by atoms with E-state index < -0.39 is 0 Å². The van der Waals surface area contributed by atoms with Crippen LogP contribution in [-0.2, 0) is 12.8 Å². The summed E-state index contributed by atoms with van der Waals surface area (Å²) in [5.41, 5.74) is 2.26. The van der Waals surface area contributed by atoms with Crippen molar-refractivity contribution >= 4 is 0 Å². The molecule has 0 saturated heterocycles. The van der Waals surface area contributed by atoms with Crippen molar-refractivity contribution in [2.75, 3.05) is 0 Å². The SMILES string of the molecule is CCCc1cc(Oc2ccc(CC(C)C)cc2)ccc1O. The molecule has 0 unspecified atom stereocenters. The largest absolute Gasteiger partial charge is 0.508 e. The number of ether oxygens (including phenoxy) is 1. The van der Waals surface area contributed by atoms with Crippen LogP contribution in [0.5, 0.6) is 17.2 Å². The summed E-state index contributed by atoms with van der Waals surface area (Å²) in [6.07, 6.45) is 2.94. The predicted molar refractivity (Wildman–Crippen MR) is 87.2 cm³/mol. The van der Waals surface area contributed by atoms with Crippen molar-refractivity contribution in [1.82, 2.24) is 0 Å². The zero-order valence-corrected chi connectivity index (χ0v) is 13.1. The van der Waals surface area contributed by atoms with E-state index in [1.165, 1.54) is 5.56 Å². The Morgan fingerprint density at radius 3 is 2.29 bits per heavy atom. The van der Waals surface area contributed by atoms with E-state index in [0.29, 0.717) is 11.7 Å². The lowest BCUT2D eigenvalue weighted by Crippen LogP contribution is -1.94. The second kappa shape index (κ2) is 7.16. The highest BCUT2D eigenvalue weighted by atomic mass is 16.5. The van der Waals surface area contributed by atoms with E-state index in [1.807, 2.05) is 18.2 Å². The number of aromatic hydroxyl groups is 1. The van der Waals surface area contributed by atoms with Crippen LogP contribution in [0.1, 0.15) is 38.3 Å². The van der Waals surface area contributed by atoms with Crippen molar-refractivity contribution in [2.45, 2.75) is 40.0 Å². The van der Waals surface area contributed by atoms with Crippen molar-refractivity contribution in [3.63, 3.8) is 0 Å². The van der Waals surface area contributed by atoms with Gasteiger partial charge in [-0.25, -0.2) is 0 Å². The lowest BCUT2D eigenvalue weighted by Gasteiger charge is -2.10. The molecule has 0 radical (unpaired) electrons. The van der Waals surface area contributed by atoms with Gasteiger partial charge in [-0.3, -0.25) is 0 Å². The van der Waals surface area contributed by atoms with Gasteiger partial charge in [0.2, 0.25) is 0 Å². The average molecular weight is 284 g/mol. The molecule has 2 heteroatoms. The molecule has 0 fully saturated rings. The van der Waals surface area contributed by atoms with Crippen LogP contribution in [0.25, 0.3) is 0 Å². The molecule has 2 aromatic rings. The van der Waals surface area contributed by atoms with Gasteiger partial charge in [-0.05, 0) is 60.2 Å². The third kappa shape index (κ3) is 4.52. The van der Waals surface area contributed by atoms with Gasteiger partial charge in [0.1, 0.15) is 17.2 Å². The van der Waals surface area contributed by atoms with Gasteiger partial charge in [-0.15, -0.1) is 0 Å². The first-order chi connectivity index (χ1) is 10.1. The molecule has 0 heterocycles. The zero-order chi connectivity index (χ0) is 15.2. The highest BCUT2D eigenvalue weighted by Crippen LogP contribution is 2.28. The van der Waals surface area contributed by atoms with Gasteiger partial charge in [-0.2, -0.15) is 0 Å². The molecular weight excluding hydrogens is 260 g/mol. The van der Waals surface area contributed by atoms with Crippen LogP contribution in [0.15, 0.2) is 42.5 Å². The van der Waals surface area contributed by atoms with Crippen molar-refractivity contribution < 1.29 is 9.84 Å². The molecule has 0 saturated carbocycles. The van der Waals surface area contributed by atoms with E-state index in [-0.39, 0.29) is 0 Å². The van der Waals surface area contributed by atoms with Crippen LogP contribution in [0, 0.1) is 5.92 Å². The number of benzene rings is 2. The van der Waals surface area contributed by atoms with Crippen LogP contribution < -0.4 is 4.74 Å². The number of phenols is 1. The summed E-state index contributed by atoms with van der Waals surface area (Å²) in [4.78, 5) is 0. The lowest BCUT2D eigenvalue weighted by atomic mass is 10.0. The monoisotopic (exact) mass is 284 g/mol. The van der Waals surface area contributed by atoms with Crippen LogP contribution in [0.2, 0.25) is 0 Å². The Kier molecular flexibility index (Phi) is 5.26. The molecule has 0 aliphatic heterocycles. The maximum atomic E-state index is 9.80. The van der Waals surface area contributed by atoms with Gasteiger partial charge in [0.15, 0.2) is 0 Å². The Labute approximate surface area is 127 Å². The molecule has 0 aromatic heterocycles.